The number of nitriles is 1. The van der Waals surface area contributed by atoms with E-state index < -0.39 is 17.7 Å². The Morgan fingerprint density at radius 1 is 1.40 bits per heavy atom. The van der Waals surface area contributed by atoms with Crippen molar-refractivity contribution in [1.29, 1.82) is 5.26 Å². The third-order valence-corrected chi connectivity index (χ3v) is 4.65. The van der Waals surface area contributed by atoms with Crippen molar-refractivity contribution in [1.82, 2.24) is 0 Å². The van der Waals surface area contributed by atoms with E-state index in [1.807, 2.05) is 6.07 Å². The Hall–Kier alpha value is -2.09. The quantitative estimate of drug-likeness (QED) is 0.888. The fourth-order valence-corrected chi connectivity index (χ4v) is 3.79. The Labute approximate surface area is 116 Å². The normalized spacial score (nSPS) is 31.0. The molecule has 2 bridgehead atoms. The zero-order valence-electron chi connectivity index (χ0n) is 10.8. The molecule has 4 unspecified atom stereocenters. The fourth-order valence-electron chi connectivity index (χ4n) is 3.79. The molecule has 2 fully saturated rings. The van der Waals surface area contributed by atoms with E-state index in [0.717, 1.165) is 19.3 Å². The lowest BCUT2D eigenvalue weighted by Crippen LogP contribution is -2.39. The summed E-state index contributed by atoms with van der Waals surface area (Å²) < 4.78 is 13.6. The summed E-state index contributed by atoms with van der Waals surface area (Å²) in [5.74, 6) is -1.31. The Kier molecular flexibility index (Phi) is 3.09. The summed E-state index contributed by atoms with van der Waals surface area (Å²) in [7, 11) is 0. The molecule has 0 spiro atoms. The molecule has 104 valence electrons. The third kappa shape index (κ3) is 1.92. The van der Waals surface area contributed by atoms with E-state index in [1.165, 1.54) is 12.1 Å². The van der Waals surface area contributed by atoms with Gasteiger partial charge >= 0.3 is 5.97 Å². The third-order valence-electron chi connectivity index (χ3n) is 4.65. The Balaban J connectivity index is 1.90. The Morgan fingerprint density at radius 3 is 2.85 bits per heavy atom. The number of benzene rings is 1. The highest BCUT2D eigenvalue weighted by Gasteiger charge is 2.51. The van der Waals surface area contributed by atoms with Crippen LogP contribution in [0.15, 0.2) is 18.2 Å². The van der Waals surface area contributed by atoms with Crippen LogP contribution in [0.25, 0.3) is 0 Å². The summed E-state index contributed by atoms with van der Waals surface area (Å²) in [4.78, 5) is 11.4. The molecule has 5 heteroatoms. The first-order valence-corrected chi connectivity index (χ1v) is 6.79. The predicted octanol–water partition coefficient (Wildman–Crippen LogP) is 2.61. The molecule has 4 nitrogen and oxygen atoms in total. The zero-order chi connectivity index (χ0) is 14.3. The number of anilines is 1. The molecule has 0 radical (unpaired) electrons. The molecular formula is C15H15FN2O2. The van der Waals surface area contributed by atoms with Crippen molar-refractivity contribution >= 4 is 11.7 Å². The maximum absolute atomic E-state index is 13.6. The molecule has 2 saturated carbocycles. The van der Waals surface area contributed by atoms with Gasteiger partial charge in [-0.25, -0.2) is 4.39 Å². The second kappa shape index (κ2) is 4.78. The van der Waals surface area contributed by atoms with E-state index >= 15 is 0 Å². The number of carbonyl (C=O) groups is 1. The highest BCUT2D eigenvalue weighted by molar-refractivity contribution is 5.73. The second-order valence-electron chi connectivity index (χ2n) is 5.64. The van der Waals surface area contributed by atoms with Crippen LogP contribution in [0.5, 0.6) is 0 Å². The van der Waals surface area contributed by atoms with Crippen molar-refractivity contribution in [2.75, 3.05) is 5.32 Å². The molecule has 0 amide bonds. The van der Waals surface area contributed by atoms with Gasteiger partial charge in [0.2, 0.25) is 0 Å². The van der Waals surface area contributed by atoms with Crippen molar-refractivity contribution in [2.45, 2.75) is 25.3 Å². The standard InChI is InChI=1S/C15H15FN2O2/c16-11-2-1-3-12(10(11)7-17)18-14-9-5-4-8(6-9)13(14)15(19)20/h1-3,8-9,13-14,18H,4-6H2,(H,19,20). The van der Waals surface area contributed by atoms with Gasteiger partial charge in [-0.1, -0.05) is 6.07 Å². The maximum Gasteiger partial charge on any atom is 0.308 e. The topological polar surface area (TPSA) is 73.1 Å². The number of halogens is 1. The van der Waals surface area contributed by atoms with Crippen LogP contribution >= 0.6 is 0 Å². The lowest BCUT2D eigenvalue weighted by Gasteiger charge is -2.30. The van der Waals surface area contributed by atoms with E-state index in [2.05, 4.69) is 5.32 Å². The van der Waals surface area contributed by atoms with Gasteiger partial charge in [0.15, 0.2) is 0 Å². The smallest absolute Gasteiger partial charge is 0.308 e. The van der Waals surface area contributed by atoms with E-state index in [9.17, 15) is 14.3 Å². The largest absolute Gasteiger partial charge is 0.481 e. The van der Waals surface area contributed by atoms with Gasteiger partial charge in [-0.2, -0.15) is 5.26 Å². The molecule has 1 aromatic rings. The maximum atomic E-state index is 13.6. The SMILES string of the molecule is N#Cc1c(F)cccc1NC1C2CCC(C2)C1C(=O)O. The minimum absolute atomic E-state index is 0.0422. The minimum atomic E-state index is -0.801. The number of fused-ring (bicyclic) bond motifs is 2. The van der Waals surface area contributed by atoms with Gasteiger partial charge in [0.1, 0.15) is 17.4 Å². The average molecular weight is 274 g/mol. The molecule has 1 aromatic carbocycles. The van der Waals surface area contributed by atoms with Crippen LogP contribution in [0.2, 0.25) is 0 Å². The van der Waals surface area contributed by atoms with Crippen LogP contribution in [0, 0.1) is 34.9 Å². The second-order valence-corrected chi connectivity index (χ2v) is 5.64. The molecule has 2 aliphatic rings. The molecule has 0 heterocycles. The van der Waals surface area contributed by atoms with E-state index in [1.54, 1.807) is 6.07 Å². The number of hydrogen-bond donors (Lipinski definition) is 2. The highest BCUT2D eigenvalue weighted by atomic mass is 19.1. The summed E-state index contributed by atoms with van der Waals surface area (Å²) >= 11 is 0. The number of aliphatic carboxylic acids is 1. The van der Waals surface area contributed by atoms with Crippen molar-refractivity contribution in [3.05, 3.63) is 29.6 Å². The number of nitrogens with one attached hydrogen (secondary N) is 1. The Bertz CT molecular complexity index is 596. The van der Waals surface area contributed by atoms with Gasteiger partial charge < -0.3 is 10.4 Å². The van der Waals surface area contributed by atoms with Crippen LogP contribution < -0.4 is 5.32 Å². The number of hydrogen-bond acceptors (Lipinski definition) is 3. The number of nitrogens with zero attached hydrogens (tertiary/aromatic N) is 1. The van der Waals surface area contributed by atoms with Gasteiger partial charge in [0, 0.05) is 6.04 Å². The molecule has 0 aliphatic heterocycles. The summed E-state index contributed by atoms with van der Waals surface area (Å²) in [6.07, 6.45) is 2.86. The molecular weight excluding hydrogens is 259 g/mol. The van der Waals surface area contributed by atoms with Crippen molar-refractivity contribution < 1.29 is 14.3 Å². The monoisotopic (exact) mass is 274 g/mol. The number of carboxylic acid groups (broad SMARTS) is 1. The molecule has 0 aromatic heterocycles. The zero-order valence-corrected chi connectivity index (χ0v) is 10.8. The van der Waals surface area contributed by atoms with Gasteiger partial charge in [-0.05, 0) is 43.2 Å². The summed E-state index contributed by atoms with van der Waals surface area (Å²) in [5, 5.41) is 21.5. The highest BCUT2D eigenvalue weighted by Crippen LogP contribution is 2.49. The van der Waals surface area contributed by atoms with Crippen LogP contribution in [0.1, 0.15) is 24.8 Å². The van der Waals surface area contributed by atoms with Gasteiger partial charge in [0.25, 0.3) is 0 Å². The molecule has 2 aliphatic carbocycles. The number of rotatable bonds is 3. The van der Waals surface area contributed by atoms with Crippen molar-refractivity contribution in [3.8, 4) is 6.07 Å². The summed E-state index contributed by atoms with van der Waals surface area (Å²) in [5.41, 5.74) is 0.357. The lowest BCUT2D eigenvalue weighted by atomic mass is 9.84. The van der Waals surface area contributed by atoms with Gasteiger partial charge in [0.05, 0.1) is 11.6 Å². The van der Waals surface area contributed by atoms with Gasteiger partial charge in [-0.15, -0.1) is 0 Å². The van der Waals surface area contributed by atoms with Crippen molar-refractivity contribution in [3.63, 3.8) is 0 Å². The van der Waals surface area contributed by atoms with Crippen LogP contribution in [-0.4, -0.2) is 17.1 Å². The molecule has 3 rings (SSSR count). The molecule has 2 N–H and O–H groups in total. The van der Waals surface area contributed by atoms with Crippen LogP contribution in [-0.2, 0) is 4.79 Å². The fraction of sp³-hybridized carbons (Fsp3) is 0.467. The first-order chi connectivity index (χ1) is 9.61. The Morgan fingerprint density at radius 2 is 2.15 bits per heavy atom. The number of carboxylic acids is 1. The van der Waals surface area contributed by atoms with Crippen LogP contribution in [0.4, 0.5) is 10.1 Å². The first kappa shape index (κ1) is 12.9. The predicted molar refractivity (Wildman–Crippen MR) is 70.5 cm³/mol. The lowest BCUT2D eigenvalue weighted by molar-refractivity contribution is -0.143. The molecule has 4 atom stereocenters. The first-order valence-electron chi connectivity index (χ1n) is 6.79. The average Bonchev–Trinajstić information content (AvgIpc) is 2.99. The van der Waals surface area contributed by atoms with E-state index in [-0.39, 0.29) is 17.5 Å². The van der Waals surface area contributed by atoms with Gasteiger partial charge in [-0.3, -0.25) is 4.79 Å². The van der Waals surface area contributed by atoms with E-state index in [0.29, 0.717) is 11.6 Å². The summed E-state index contributed by atoms with van der Waals surface area (Å²) in [6.45, 7) is 0. The minimum Gasteiger partial charge on any atom is -0.481 e. The van der Waals surface area contributed by atoms with E-state index in [4.69, 9.17) is 5.26 Å². The molecule has 0 saturated heterocycles. The van der Waals surface area contributed by atoms with Crippen LogP contribution in [0.3, 0.4) is 0 Å². The van der Waals surface area contributed by atoms with Crippen molar-refractivity contribution in [2.24, 2.45) is 17.8 Å². The molecule has 20 heavy (non-hydrogen) atoms. The summed E-state index contributed by atoms with van der Waals surface area (Å²) in [6, 6.07) is 6.03.